The predicted molar refractivity (Wildman–Crippen MR) is 86.3 cm³/mol. The van der Waals surface area contributed by atoms with E-state index in [9.17, 15) is 13.2 Å². The predicted octanol–water partition coefficient (Wildman–Crippen LogP) is 3.34. The average molecular weight is 328 g/mol. The standard InChI is InChI=1S/C18H16O4S/c1-12-8-10-15(11-9-12)23(20,21)17-13(2)18(19)22-16(17)14-6-4-3-5-7-14/h3-11,16H,1-2H3. The van der Waals surface area contributed by atoms with Gasteiger partial charge < -0.3 is 4.74 Å². The fourth-order valence-electron chi connectivity index (χ4n) is 2.58. The molecule has 23 heavy (non-hydrogen) atoms. The number of sulfone groups is 1. The van der Waals surface area contributed by atoms with Gasteiger partial charge in [0.05, 0.1) is 10.5 Å². The second-order valence-corrected chi connectivity index (χ2v) is 7.42. The lowest BCUT2D eigenvalue weighted by Gasteiger charge is -2.15. The Morgan fingerprint density at radius 3 is 2.13 bits per heavy atom. The van der Waals surface area contributed by atoms with Gasteiger partial charge in [-0.1, -0.05) is 48.0 Å². The van der Waals surface area contributed by atoms with Crippen LogP contribution in [-0.2, 0) is 19.4 Å². The van der Waals surface area contributed by atoms with Gasteiger partial charge in [-0.3, -0.25) is 0 Å². The highest BCUT2D eigenvalue weighted by molar-refractivity contribution is 7.95. The number of carbonyl (C=O) groups excluding carboxylic acids is 1. The van der Waals surface area contributed by atoms with Crippen LogP contribution < -0.4 is 0 Å². The fourth-order valence-corrected chi connectivity index (χ4v) is 4.28. The number of hydrogen-bond acceptors (Lipinski definition) is 4. The van der Waals surface area contributed by atoms with Crippen LogP contribution in [0.1, 0.15) is 24.2 Å². The van der Waals surface area contributed by atoms with Crippen LogP contribution in [0.25, 0.3) is 0 Å². The molecule has 2 aromatic rings. The molecule has 1 unspecified atom stereocenters. The highest BCUT2D eigenvalue weighted by Crippen LogP contribution is 2.40. The first-order chi connectivity index (χ1) is 10.9. The molecule has 0 spiro atoms. The van der Waals surface area contributed by atoms with Crippen LogP contribution in [0.2, 0.25) is 0 Å². The van der Waals surface area contributed by atoms with Gasteiger partial charge in [-0.2, -0.15) is 0 Å². The first-order valence-corrected chi connectivity index (χ1v) is 8.68. The van der Waals surface area contributed by atoms with Crippen LogP contribution in [0, 0.1) is 6.92 Å². The third-order valence-electron chi connectivity index (χ3n) is 3.86. The lowest BCUT2D eigenvalue weighted by Crippen LogP contribution is -2.12. The maximum atomic E-state index is 13.0. The van der Waals surface area contributed by atoms with E-state index in [4.69, 9.17) is 4.74 Å². The molecule has 0 radical (unpaired) electrons. The van der Waals surface area contributed by atoms with Gasteiger partial charge in [-0.05, 0) is 31.5 Å². The monoisotopic (exact) mass is 328 g/mol. The van der Waals surface area contributed by atoms with E-state index in [0.717, 1.165) is 5.56 Å². The zero-order valence-corrected chi connectivity index (χ0v) is 13.6. The maximum absolute atomic E-state index is 13.0. The van der Waals surface area contributed by atoms with Gasteiger partial charge in [-0.15, -0.1) is 0 Å². The van der Waals surface area contributed by atoms with Gasteiger partial charge in [0.1, 0.15) is 4.91 Å². The Kier molecular flexibility index (Phi) is 3.82. The number of cyclic esters (lactones) is 1. The molecule has 118 valence electrons. The molecule has 0 aromatic heterocycles. The summed E-state index contributed by atoms with van der Waals surface area (Å²) in [6.45, 7) is 3.38. The van der Waals surface area contributed by atoms with E-state index in [1.165, 1.54) is 6.92 Å². The van der Waals surface area contributed by atoms with E-state index in [2.05, 4.69) is 0 Å². The Bertz CT molecular complexity index is 878. The highest BCUT2D eigenvalue weighted by atomic mass is 32.2. The topological polar surface area (TPSA) is 60.4 Å². The molecule has 5 heteroatoms. The van der Waals surface area contributed by atoms with Crippen molar-refractivity contribution in [3.05, 3.63) is 76.2 Å². The molecule has 0 amide bonds. The summed E-state index contributed by atoms with van der Waals surface area (Å²) in [5.41, 5.74) is 1.75. The molecule has 1 aliphatic heterocycles. The number of carbonyl (C=O) groups is 1. The summed E-state index contributed by atoms with van der Waals surface area (Å²) in [5, 5.41) is 0. The smallest absolute Gasteiger partial charge is 0.335 e. The van der Waals surface area contributed by atoms with E-state index < -0.39 is 21.9 Å². The summed E-state index contributed by atoms with van der Waals surface area (Å²) in [4.78, 5) is 12.1. The van der Waals surface area contributed by atoms with Crippen molar-refractivity contribution in [3.63, 3.8) is 0 Å². The third-order valence-corrected chi connectivity index (χ3v) is 5.85. The Morgan fingerprint density at radius 2 is 1.52 bits per heavy atom. The zero-order valence-electron chi connectivity index (χ0n) is 12.8. The molecule has 2 aromatic carbocycles. The lowest BCUT2D eigenvalue weighted by atomic mass is 10.1. The molecule has 0 saturated carbocycles. The van der Waals surface area contributed by atoms with Crippen LogP contribution >= 0.6 is 0 Å². The van der Waals surface area contributed by atoms with Crippen molar-refractivity contribution in [2.45, 2.75) is 24.8 Å². The summed E-state index contributed by atoms with van der Waals surface area (Å²) in [5.74, 6) is -0.593. The first-order valence-electron chi connectivity index (χ1n) is 7.19. The second-order valence-electron chi connectivity index (χ2n) is 5.50. The normalized spacial score (nSPS) is 18.2. The van der Waals surface area contributed by atoms with Crippen molar-refractivity contribution >= 4 is 15.8 Å². The number of ether oxygens (including phenoxy) is 1. The fraction of sp³-hybridized carbons (Fsp3) is 0.167. The van der Waals surface area contributed by atoms with Crippen molar-refractivity contribution in [2.75, 3.05) is 0 Å². The molecular weight excluding hydrogens is 312 g/mol. The molecule has 0 N–H and O–H groups in total. The van der Waals surface area contributed by atoms with Crippen LogP contribution in [-0.4, -0.2) is 14.4 Å². The Balaban J connectivity index is 2.14. The van der Waals surface area contributed by atoms with E-state index in [1.807, 2.05) is 13.0 Å². The molecule has 4 nitrogen and oxygen atoms in total. The van der Waals surface area contributed by atoms with Crippen molar-refractivity contribution in [2.24, 2.45) is 0 Å². The van der Waals surface area contributed by atoms with Gasteiger partial charge in [0, 0.05) is 0 Å². The minimum atomic E-state index is -3.80. The SMILES string of the molecule is CC1=C(S(=O)(=O)c2ccc(C)cc2)C(c2ccccc2)OC1=O. The summed E-state index contributed by atoms with van der Waals surface area (Å²) in [6, 6.07) is 15.5. The lowest BCUT2D eigenvalue weighted by molar-refractivity contribution is -0.139. The van der Waals surface area contributed by atoms with Gasteiger partial charge >= 0.3 is 5.97 Å². The largest absolute Gasteiger partial charge is 0.448 e. The van der Waals surface area contributed by atoms with Crippen molar-refractivity contribution in [1.29, 1.82) is 0 Å². The third kappa shape index (κ3) is 2.68. The van der Waals surface area contributed by atoms with Gasteiger partial charge in [-0.25, -0.2) is 13.2 Å². The van der Waals surface area contributed by atoms with Crippen LogP contribution in [0.3, 0.4) is 0 Å². The quantitative estimate of drug-likeness (QED) is 0.811. The van der Waals surface area contributed by atoms with Crippen molar-refractivity contribution in [3.8, 4) is 0 Å². The average Bonchev–Trinajstić information content (AvgIpc) is 2.85. The molecular formula is C18H16O4S. The minimum absolute atomic E-state index is 0.0255. The Labute approximate surface area is 135 Å². The Hall–Kier alpha value is -2.40. The summed E-state index contributed by atoms with van der Waals surface area (Å²) in [6.07, 6.45) is -0.894. The number of benzene rings is 2. The number of aryl methyl sites for hydroxylation is 1. The van der Waals surface area contributed by atoms with Crippen molar-refractivity contribution in [1.82, 2.24) is 0 Å². The van der Waals surface area contributed by atoms with Crippen LogP contribution in [0.5, 0.6) is 0 Å². The molecule has 1 aliphatic rings. The van der Waals surface area contributed by atoms with Crippen LogP contribution in [0.4, 0.5) is 0 Å². The minimum Gasteiger partial charge on any atom is -0.448 e. The molecule has 0 bridgehead atoms. The van der Waals surface area contributed by atoms with E-state index in [0.29, 0.717) is 5.56 Å². The highest BCUT2D eigenvalue weighted by Gasteiger charge is 2.41. The second kappa shape index (κ2) is 5.66. The molecule has 0 aliphatic carbocycles. The number of hydrogen-bond donors (Lipinski definition) is 0. The van der Waals surface area contributed by atoms with Gasteiger partial charge in [0.15, 0.2) is 6.10 Å². The molecule has 0 saturated heterocycles. The molecule has 1 heterocycles. The van der Waals surface area contributed by atoms with E-state index in [-0.39, 0.29) is 15.4 Å². The molecule has 1 atom stereocenters. The van der Waals surface area contributed by atoms with Crippen molar-refractivity contribution < 1.29 is 17.9 Å². The van der Waals surface area contributed by atoms with Gasteiger partial charge in [0.2, 0.25) is 9.84 Å². The number of esters is 1. The van der Waals surface area contributed by atoms with Crippen LogP contribution in [0.15, 0.2) is 70.0 Å². The maximum Gasteiger partial charge on any atom is 0.335 e. The van der Waals surface area contributed by atoms with Gasteiger partial charge in [0.25, 0.3) is 0 Å². The summed E-state index contributed by atoms with van der Waals surface area (Å²) < 4.78 is 31.3. The summed E-state index contributed by atoms with van der Waals surface area (Å²) in [7, 11) is -3.80. The summed E-state index contributed by atoms with van der Waals surface area (Å²) >= 11 is 0. The number of rotatable bonds is 3. The first kappa shape index (κ1) is 15.5. The Morgan fingerprint density at radius 1 is 0.913 bits per heavy atom. The van der Waals surface area contributed by atoms with E-state index in [1.54, 1.807) is 48.5 Å². The molecule has 0 fully saturated rings. The zero-order chi connectivity index (χ0) is 16.6. The van der Waals surface area contributed by atoms with E-state index >= 15 is 0 Å². The molecule has 3 rings (SSSR count).